The van der Waals surface area contributed by atoms with E-state index in [2.05, 4.69) is 10.4 Å². The molecule has 10 heteroatoms. The molecule has 0 bridgehead atoms. The van der Waals surface area contributed by atoms with Crippen LogP contribution in [0.4, 0.5) is 0 Å². The molecule has 1 aliphatic heterocycles. The highest BCUT2D eigenvalue weighted by molar-refractivity contribution is 5.96. The second-order valence-corrected chi connectivity index (χ2v) is 9.46. The molecule has 2 aromatic rings. The van der Waals surface area contributed by atoms with Gasteiger partial charge in [-0.1, -0.05) is 18.4 Å². The number of morpholine rings is 1. The van der Waals surface area contributed by atoms with Gasteiger partial charge in [0.2, 0.25) is 11.5 Å². The maximum absolute atomic E-state index is 13.1. The van der Waals surface area contributed by atoms with Gasteiger partial charge in [-0.15, -0.1) is 0 Å². The molecule has 0 unspecified atom stereocenters. The second-order valence-electron chi connectivity index (χ2n) is 9.46. The van der Waals surface area contributed by atoms with Gasteiger partial charge < -0.3 is 20.1 Å². The van der Waals surface area contributed by atoms with E-state index in [1.807, 2.05) is 27.7 Å². The van der Waals surface area contributed by atoms with Gasteiger partial charge in [0.15, 0.2) is 0 Å². The van der Waals surface area contributed by atoms with E-state index in [1.165, 1.54) is 10.6 Å². The molecule has 1 aliphatic carbocycles. The zero-order valence-electron chi connectivity index (χ0n) is 19.5. The third-order valence-corrected chi connectivity index (χ3v) is 5.99. The summed E-state index contributed by atoms with van der Waals surface area (Å²) in [6.45, 7) is 9.19. The molecule has 33 heavy (non-hydrogen) atoms. The lowest BCUT2D eigenvalue weighted by Crippen LogP contribution is -2.51. The summed E-state index contributed by atoms with van der Waals surface area (Å²) in [6.07, 6.45) is 6.42. The minimum absolute atomic E-state index is 0.0426. The van der Waals surface area contributed by atoms with Gasteiger partial charge >= 0.3 is 17.1 Å². The lowest BCUT2D eigenvalue weighted by Gasteiger charge is -2.38. The molecule has 2 atom stereocenters. The molecule has 2 aliphatic rings. The van der Waals surface area contributed by atoms with Crippen LogP contribution in [-0.2, 0) is 16.1 Å². The average molecular weight is 459 g/mol. The van der Waals surface area contributed by atoms with Crippen molar-refractivity contribution in [3.63, 3.8) is 0 Å². The van der Waals surface area contributed by atoms with Crippen LogP contribution in [0.5, 0.6) is 5.88 Å². The molecule has 4 rings (SSSR count). The van der Waals surface area contributed by atoms with Crippen molar-refractivity contribution in [1.29, 1.82) is 0 Å². The number of hydrogen-bond donors (Lipinski definition) is 3. The summed E-state index contributed by atoms with van der Waals surface area (Å²) in [6, 6.07) is -0.0356. The van der Waals surface area contributed by atoms with Crippen molar-refractivity contribution in [2.24, 2.45) is 5.92 Å². The predicted octanol–water partition coefficient (Wildman–Crippen LogP) is 0.818. The van der Waals surface area contributed by atoms with Crippen LogP contribution < -0.4 is 15.4 Å². The van der Waals surface area contributed by atoms with Crippen LogP contribution >= 0.6 is 0 Å². The van der Waals surface area contributed by atoms with Gasteiger partial charge in [0, 0.05) is 12.1 Å². The minimum atomic E-state index is -0.637. The number of hydrogen-bond acceptors (Lipinski definition) is 5. The van der Waals surface area contributed by atoms with Crippen molar-refractivity contribution >= 4 is 23.5 Å². The molecule has 2 amide bonds. The molecule has 0 radical (unpaired) electrons. The number of fused-ring (bicyclic) bond motifs is 1. The van der Waals surface area contributed by atoms with E-state index in [-0.39, 0.29) is 41.4 Å². The molecule has 0 aromatic carbocycles. The van der Waals surface area contributed by atoms with Crippen molar-refractivity contribution in [3.05, 3.63) is 33.8 Å². The standard InChI is InChI=1S/C23H31N5O5/c1-13(2)10-26-21-16(5-8-18(29)27-14(3)11-33-12-15(27)4)9-24-28(21)23(32)19(22(26)31)20(30)25-17-6-7-17/h5,8-9,13-15,17H,6-7,10-12H2,1-4H3,(H2,25,30,31,32)/p+1/b8-5+/t14-,15+. The van der Waals surface area contributed by atoms with Crippen molar-refractivity contribution in [1.82, 2.24) is 19.8 Å². The maximum Gasteiger partial charge on any atom is 0.378 e. The van der Waals surface area contributed by atoms with Gasteiger partial charge in [0.1, 0.15) is 0 Å². The summed E-state index contributed by atoms with van der Waals surface area (Å²) in [5.41, 5.74) is 0.0203. The zero-order chi connectivity index (χ0) is 23.9. The molecule has 1 saturated heterocycles. The fraction of sp³-hybridized carbons (Fsp3) is 0.565. The second kappa shape index (κ2) is 9.01. The number of nitrogens with one attached hydrogen (secondary N) is 2. The van der Waals surface area contributed by atoms with E-state index in [1.54, 1.807) is 21.7 Å². The van der Waals surface area contributed by atoms with Crippen LogP contribution in [0.15, 0.2) is 17.1 Å². The van der Waals surface area contributed by atoms with E-state index in [0.29, 0.717) is 31.0 Å². The lowest BCUT2D eigenvalue weighted by atomic mass is 10.1. The first-order valence-electron chi connectivity index (χ1n) is 11.5. The Morgan fingerprint density at radius 1 is 1.30 bits per heavy atom. The van der Waals surface area contributed by atoms with Crippen molar-refractivity contribution in [2.75, 3.05) is 13.2 Å². The Morgan fingerprint density at radius 3 is 2.58 bits per heavy atom. The van der Waals surface area contributed by atoms with Crippen LogP contribution in [0.1, 0.15) is 56.5 Å². The van der Waals surface area contributed by atoms with Crippen molar-refractivity contribution in [2.45, 2.75) is 65.2 Å². The van der Waals surface area contributed by atoms with Gasteiger partial charge in [0.25, 0.3) is 5.91 Å². The lowest BCUT2D eigenvalue weighted by molar-refractivity contribution is -0.686. The quantitative estimate of drug-likeness (QED) is 0.437. The molecular formula is C23H32N5O5+. The van der Waals surface area contributed by atoms with E-state index in [0.717, 1.165) is 12.8 Å². The number of H-pyrrole nitrogens is 1. The molecule has 1 saturated carbocycles. The summed E-state index contributed by atoms with van der Waals surface area (Å²) in [5, 5.41) is 16.6. The summed E-state index contributed by atoms with van der Waals surface area (Å²) in [7, 11) is 0. The number of carbonyl (C=O) groups is 2. The molecule has 0 spiro atoms. The van der Waals surface area contributed by atoms with Crippen LogP contribution in [0.3, 0.4) is 0 Å². The number of aromatic amines is 1. The van der Waals surface area contributed by atoms with Gasteiger partial charge in [-0.25, -0.2) is 9.89 Å². The van der Waals surface area contributed by atoms with Gasteiger partial charge in [-0.05, 0) is 38.7 Å². The maximum atomic E-state index is 13.1. The fourth-order valence-electron chi connectivity index (χ4n) is 4.29. The van der Waals surface area contributed by atoms with E-state index in [4.69, 9.17) is 4.74 Å². The summed E-state index contributed by atoms with van der Waals surface area (Å²) < 4.78 is 8.29. The van der Waals surface area contributed by atoms with Gasteiger partial charge in [0.05, 0.1) is 43.6 Å². The molecule has 10 nitrogen and oxygen atoms in total. The highest BCUT2D eigenvalue weighted by Crippen LogP contribution is 2.21. The van der Waals surface area contributed by atoms with Gasteiger partial charge in [-0.2, -0.15) is 4.57 Å². The first-order chi connectivity index (χ1) is 15.7. The number of aromatic nitrogens is 3. The molecule has 2 aromatic heterocycles. The Hall–Kier alpha value is -3.14. The number of nitrogens with zero attached hydrogens (tertiary/aromatic N) is 3. The average Bonchev–Trinajstić information content (AvgIpc) is 3.44. The van der Waals surface area contributed by atoms with Crippen molar-refractivity contribution in [3.8, 4) is 5.88 Å². The number of ether oxygens (including phenoxy) is 1. The molecule has 3 N–H and O–H groups in total. The molecule has 2 fully saturated rings. The van der Waals surface area contributed by atoms with Crippen LogP contribution in [0.2, 0.25) is 0 Å². The summed E-state index contributed by atoms with van der Waals surface area (Å²) >= 11 is 0. The van der Waals surface area contributed by atoms with E-state index in [9.17, 15) is 19.5 Å². The van der Waals surface area contributed by atoms with Crippen molar-refractivity contribution < 1.29 is 24.0 Å². The Balaban J connectivity index is 1.75. The Morgan fingerprint density at radius 2 is 1.97 bits per heavy atom. The predicted molar refractivity (Wildman–Crippen MR) is 121 cm³/mol. The van der Waals surface area contributed by atoms with Gasteiger partial charge in [-0.3, -0.25) is 9.59 Å². The monoisotopic (exact) mass is 458 g/mol. The van der Waals surface area contributed by atoms with E-state index < -0.39 is 11.5 Å². The number of aromatic hydroxyl groups is 1. The molecule has 178 valence electrons. The number of amides is 2. The Labute approximate surface area is 191 Å². The first kappa shape index (κ1) is 23.0. The van der Waals surface area contributed by atoms with Crippen LogP contribution in [0.25, 0.3) is 11.7 Å². The zero-order valence-corrected chi connectivity index (χ0v) is 19.5. The third-order valence-electron chi connectivity index (χ3n) is 5.99. The normalized spacial score (nSPS) is 21.3. The molecular weight excluding hydrogens is 426 g/mol. The SMILES string of the molecule is CC(C)C[n+]1c(O)c(C(=O)NC2CC2)c(=O)n2[nH]cc(/C=C/C(=O)N3[C@H](C)COC[C@@H]3C)c21. The highest BCUT2D eigenvalue weighted by Gasteiger charge is 2.34. The molecule has 3 heterocycles. The van der Waals surface area contributed by atoms with Crippen LogP contribution in [-0.4, -0.2) is 62.8 Å². The number of rotatable bonds is 6. The smallest absolute Gasteiger partial charge is 0.378 e. The highest BCUT2D eigenvalue weighted by atomic mass is 16.5. The number of carbonyl (C=O) groups excluding carboxylic acids is 2. The largest absolute Gasteiger partial charge is 0.477 e. The first-order valence-corrected chi connectivity index (χ1v) is 11.5. The summed E-state index contributed by atoms with van der Waals surface area (Å²) in [4.78, 5) is 40.5. The fourth-order valence-corrected chi connectivity index (χ4v) is 4.29. The Bertz CT molecular complexity index is 1150. The van der Waals surface area contributed by atoms with E-state index >= 15 is 0 Å². The Kier molecular flexibility index (Phi) is 6.29. The topological polar surface area (TPSA) is 120 Å². The summed E-state index contributed by atoms with van der Waals surface area (Å²) in [5.74, 6) is -0.975. The minimum Gasteiger partial charge on any atom is -0.477 e. The van der Waals surface area contributed by atoms with Crippen LogP contribution in [0, 0.1) is 5.92 Å². The third kappa shape index (κ3) is 4.52.